The van der Waals surface area contributed by atoms with E-state index in [0.717, 1.165) is 5.01 Å². The van der Waals surface area contributed by atoms with E-state index in [1.54, 1.807) is 48.5 Å². The molecule has 0 atom stereocenters. The second kappa shape index (κ2) is 6.70. The summed E-state index contributed by atoms with van der Waals surface area (Å²) in [5.74, 6) is 5.50. The maximum atomic E-state index is 13.2. The predicted molar refractivity (Wildman–Crippen MR) is 93.0 cm³/mol. The van der Waals surface area contributed by atoms with Crippen molar-refractivity contribution in [3.8, 4) is 0 Å². The fourth-order valence-corrected chi connectivity index (χ4v) is 2.88. The lowest BCUT2D eigenvalue weighted by Crippen LogP contribution is -2.39. The Kier molecular flexibility index (Phi) is 4.61. The molecule has 130 valence electrons. The monoisotopic (exact) mass is 364 g/mol. The number of anilines is 2. The van der Waals surface area contributed by atoms with Gasteiger partial charge in [0.25, 0.3) is 12.3 Å². The van der Waals surface area contributed by atoms with Gasteiger partial charge in [0.15, 0.2) is 0 Å². The van der Waals surface area contributed by atoms with Crippen LogP contribution in [0.2, 0.25) is 5.02 Å². The van der Waals surface area contributed by atoms with Gasteiger partial charge >= 0.3 is 0 Å². The van der Waals surface area contributed by atoms with Crippen LogP contribution in [0.1, 0.15) is 5.56 Å². The van der Waals surface area contributed by atoms with Gasteiger partial charge in [0, 0.05) is 16.3 Å². The molecule has 0 saturated heterocycles. The van der Waals surface area contributed by atoms with E-state index in [4.69, 9.17) is 23.2 Å². The number of para-hydroxylation sites is 1. The summed E-state index contributed by atoms with van der Waals surface area (Å²) >= 11 is 5.90. The summed E-state index contributed by atoms with van der Waals surface area (Å²) in [6.45, 7) is -0.305. The van der Waals surface area contributed by atoms with Crippen LogP contribution in [0.5, 0.6) is 0 Å². The quantitative estimate of drug-likeness (QED) is 0.803. The van der Waals surface area contributed by atoms with Gasteiger partial charge in [-0.1, -0.05) is 29.8 Å². The number of rotatable bonds is 2. The van der Waals surface area contributed by atoms with Crippen molar-refractivity contribution in [3.05, 3.63) is 64.8 Å². The third-order valence-corrected chi connectivity index (χ3v) is 4.09. The zero-order valence-electron chi connectivity index (χ0n) is 13.0. The molecule has 4 N–H and O–H groups in total. The lowest BCUT2D eigenvalue weighted by molar-refractivity contribution is -0.118. The lowest BCUT2D eigenvalue weighted by Gasteiger charge is -2.22. The maximum absolute atomic E-state index is 13.2. The van der Waals surface area contributed by atoms with Crippen LogP contribution in [0.3, 0.4) is 0 Å². The van der Waals surface area contributed by atoms with Gasteiger partial charge in [0.1, 0.15) is 12.2 Å². The normalized spacial score (nSPS) is 16.8. The van der Waals surface area contributed by atoms with Crippen molar-refractivity contribution in [2.75, 3.05) is 11.4 Å². The number of nitrogens with two attached hydrogens (primary N) is 2. The number of halogens is 3. The Hall–Kier alpha value is -2.64. The van der Waals surface area contributed by atoms with Crippen LogP contribution in [0.4, 0.5) is 20.2 Å². The highest BCUT2D eigenvalue weighted by Gasteiger charge is 2.31. The average molecular weight is 365 g/mol. The Morgan fingerprint density at radius 2 is 1.76 bits per heavy atom. The van der Waals surface area contributed by atoms with Crippen molar-refractivity contribution >= 4 is 34.6 Å². The van der Waals surface area contributed by atoms with Crippen molar-refractivity contribution in [2.24, 2.45) is 11.6 Å². The van der Waals surface area contributed by atoms with E-state index in [9.17, 15) is 13.6 Å². The summed E-state index contributed by atoms with van der Waals surface area (Å²) in [7, 11) is 0. The Morgan fingerprint density at radius 3 is 2.40 bits per heavy atom. The summed E-state index contributed by atoms with van der Waals surface area (Å²) in [6.07, 6.45) is -2.90. The first-order valence-corrected chi connectivity index (χ1v) is 7.76. The van der Waals surface area contributed by atoms with E-state index in [-0.39, 0.29) is 18.1 Å². The molecule has 0 bridgehead atoms. The van der Waals surface area contributed by atoms with Crippen LogP contribution < -0.4 is 16.5 Å². The third-order valence-electron chi connectivity index (χ3n) is 3.84. The first kappa shape index (κ1) is 17.2. The molecule has 0 radical (unpaired) electrons. The van der Waals surface area contributed by atoms with Gasteiger partial charge in [0.05, 0.1) is 11.4 Å². The van der Waals surface area contributed by atoms with E-state index < -0.39 is 12.1 Å². The lowest BCUT2D eigenvalue weighted by atomic mass is 10.1. The fourth-order valence-electron chi connectivity index (χ4n) is 2.75. The smallest absolute Gasteiger partial charge is 0.279 e. The number of benzene rings is 2. The first-order chi connectivity index (χ1) is 11.9. The second-order valence-corrected chi connectivity index (χ2v) is 5.89. The molecular weight excluding hydrogens is 350 g/mol. The molecule has 1 amide bonds. The number of hydrazine groups is 1. The molecule has 1 aliphatic rings. The van der Waals surface area contributed by atoms with Crippen LogP contribution in [0, 0.1) is 0 Å². The molecule has 2 aromatic rings. The summed E-state index contributed by atoms with van der Waals surface area (Å²) in [5.41, 5.74) is 6.15. The van der Waals surface area contributed by atoms with Gasteiger partial charge in [-0.2, -0.15) is 0 Å². The fraction of sp³-hybridized carbons (Fsp3) is 0.118. The van der Waals surface area contributed by atoms with Gasteiger partial charge in [0.2, 0.25) is 0 Å². The summed E-state index contributed by atoms with van der Waals surface area (Å²) in [6, 6.07) is 13.2. The van der Waals surface area contributed by atoms with E-state index in [1.165, 1.54) is 4.90 Å². The molecule has 5 nitrogen and oxygen atoms in total. The number of amides is 1. The number of allylic oxidation sites excluding steroid dienone is 1. The minimum Gasteiger partial charge on any atom is -0.396 e. The zero-order chi connectivity index (χ0) is 18.1. The average Bonchev–Trinajstić information content (AvgIpc) is 2.68. The Labute approximate surface area is 148 Å². The van der Waals surface area contributed by atoms with Crippen LogP contribution in [-0.4, -0.2) is 23.9 Å². The highest BCUT2D eigenvalue weighted by atomic mass is 35.5. The van der Waals surface area contributed by atoms with E-state index in [0.29, 0.717) is 22.0 Å². The summed E-state index contributed by atoms with van der Waals surface area (Å²) < 4.78 is 26.4. The molecular formula is C17H15ClF2N4O. The molecule has 0 saturated carbocycles. The minimum absolute atomic E-state index is 0.0598. The molecule has 25 heavy (non-hydrogen) atoms. The van der Waals surface area contributed by atoms with Gasteiger partial charge in [-0.15, -0.1) is 0 Å². The predicted octanol–water partition coefficient (Wildman–Crippen LogP) is 3.09. The van der Waals surface area contributed by atoms with Crippen molar-refractivity contribution in [1.29, 1.82) is 0 Å². The Balaban J connectivity index is 2.25. The molecule has 8 heteroatoms. The molecule has 3 rings (SSSR count). The number of hydrogen-bond acceptors (Lipinski definition) is 4. The SMILES string of the molecule is N/C(=C1/c2ccccc2N(c2ccc(Cl)cc2)C(=O)CN1N)C(F)F. The van der Waals surface area contributed by atoms with E-state index in [1.807, 2.05) is 0 Å². The molecule has 0 fully saturated rings. The number of fused-ring (bicyclic) bond motifs is 1. The van der Waals surface area contributed by atoms with Crippen molar-refractivity contribution in [1.82, 2.24) is 5.01 Å². The number of carbonyl (C=O) groups is 1. The number of alkyl halides is 2. The molecule has 0 unspecified atom stereocenters. The Morgan fingerprint density at radius 1 is 1.12 bits per heavy atom. The molecule has 0 aliphatic carbocycles. The van der Waals surface area contributed by atoms with E-state index in [2.05, 4.69) is 0 Å². The highest BCUT2D eigenvalue weighted by molar-refractivity contribution is 6.30. The molecule has 1 heterocycles. The molecule has 0 aromatic heterocycles. The van der Waals surface area contributed by atoms with Gasteiger partial charge in [-0.25, -0.2) is 14.6 Å². The largest absolute Gasteiger partial charge is 0.396 e. The van der Waals surface area contributed by atoms with Crippen LogP contribution in [0.25, 0.3) is 5.70 Å². The summed E-state index contributed by atoms with van der Waals surface area (Å²) in [4.78, 5) is 14.1. The topological polar surface area (TPSA) is 75.6 Å². The number of carbonyl (C=O) groups excluding carboxylic acids is 1. The van der Waals surface area contributed by atoms with Crippen LogP contribution in [0.15, 0.2) is 54.2 Å². The molecule has 0 spiro atoms. The van der Waals surface area contributed by atoms with Crippen LogP contribution in [-0.2, 0) is 4.79 Å². The van der Waals surface area contributed by atoms with Crippen molar-refractivity contribution in [3.63, 3.8) is 0 Å². The number of hydrogen-bond donors (Lipinski definition) is 2. The van der Waals surface area contributed by atoms with Crippen molar-refractivity contribution in [2.45, 2.75) is 6.43 Å². The van der Waals surface area contributed by atoms with Crippen molar-refractivity contribution < 1.29 is 13.6 Å². The minimum atomic E-state index is -2.90. The van der Waals surface area contributed by atoms with Gasteiger partial charge in [-0.3, -0.25) is 14.7 Å². The summed E-state index contributed by atoms with van der Waals surface area (Å²) in [5, 5.41) is 1.47. The van der Waals surface area contributed by atoms with Gasteiger partial charge < -0.3 is 5.73 Å². The van der Waals surface area contributed by atoms with E-state index >= 15 is 0 Å². The highest BCUT2D eigenvalue weighted by Crippen LogP contribution is 2.37. The Bertz CT molecular complexity index is 839. The standard InChI is InChI=1S/C17H15ClF2N4O/c18-10-5-7-11(8-6-10)24-13-4-2-1-3-12(13)16(15(21)17(19)20)23(22)9-14(24)25/h1-8,17H,9,21-22H2/b16-15-. The second-order valence-electron chi connectivity index (χ2n) is 5.46. The number of nitrogens with zero attached hydrogens (tertiary/aromatic N) is 2. The molecule has 1 aliphatic heterocycles. The van der Waals surface area contributed by atoms with Crippen LogP contribution >= 0.6 is 11.6 Å². The zero-order valence-corrected chi connectivity index (χ0v) is 13.8. The first-order valence-electron chi connectivity index (χ1n) is 7.38. The van der Waals surface area contributed by atoms with Gasteiger partial charge in [-0.05, 0) is 30.3 Å². The third kappa shape index (κ3) is 3.16. The maximum Gasteiger partial charge on any atom is 0.279 e. The molecule has 2 aromatic carbocycles.